The number of hydrogen-bond acceptors (Lipinski definition) is 4. The minimum Gasteiger partial charge on any atom is -0.354 e. The van der Waals surface area contributed by atoms with Crippen molar-refractivity contribution in [3.05, 3.63) is 95.1 Å². The molecule has 0 bridgehead atoms. The summed E-state index contributed by atoms with van der Waals surface area (Å²) in [5.41, 5.74) is 1.08. The summed E-state index contributed by atoms with van der Waals surface area (Å²) in [4.78, 5) is 27.8. The summed E-state index contributed by atoms with van der Waals surface area (Å²) >= 11 is 0. The number of nitrogens with zero attached hydrogens (tertiary/aromatic N) is 2. The molecular formula is C30H34F3N3O4S. The normalized spacial score (nSPS) is 12.5. The standard InChI is InChI=1S/C30H34F3N3O4S/c1-5-17-34-29(38)23(4)35(19-24-13-9-21(2)10-14-24)28(37)20-36(26-8-6-7-25(18-26)30(31,32)33)41(39,40)27-15-11-22(3)12-16-27/h6-16,18,23H,5,17,19-20H2,1-4H3,(H,34,38)/t23-/m0/s1. The molecule has 11 heteroatoms. The van der Waals surface area contributed by atoms with Gasteiger partial charge in [-0.2, -0.15) is 13.2 Å². The highest BCUT2D eigenvalue weighted by Gasteiger charge is 2.35. The second-order valence-corrected chi connectivity index (χ2v) is 11.7. The molecule has 0 saturated heterocycles. The molecule has 0 fully saturated rings. The van der Waals surface area contributed by atoms with Crippen molar-refractivity contribution in [2.75, 3.05) is 17.4 Å². The van der Waals surface area contributed by atoms with Gasteiger partial charge in [-0.25, -0.2) is 8.42 Å². The van der Waals surface area contributed by atoms with Crippen molar-refractivity contribution < 1.29 is 31.2 Å². The van der Waals surface area contributed by atoms with Gasteiger partial charge in [0.15, 0.2) is 0 Å². The number of benzene rings is 3. The van der Waals surface area contributed by atoms with Crippen molar-refractivity contribution in [3.8, 4) is 0 Å². The van der Waals surface area contributed by atoms with Crippen molar-refractivity contribution >= 4 is 27.5 Å². The summed E-state index contributed by atoms with van der Waals surface area (Å²) in [7, 11) is -4.48. The van der Waals surface area contributed by atoms with Crippen LogP contribution in [0.3, 0.4) is 0 Å². The second kappa shape index (κ2) is 13.2. The molecule has 0 unspecified atom stereocenters. The van der Waals surface area contributed by atoms with Gasteiger partial charge in [0, 0.05) is 13.1 Å². The molecule has 0 heterocycles. The molecule has 0 spiro atoms. The van der Waals surface area contributed by atoms with Crippen LogP contribution in [0.5, 0.6) is 0 Å². The summed E-state index contributed by atoms with van der Waals surface area (Å²) in [6.45, 7) is 6.61. The Morgan fingerprint density at radius 2 is 1.51 bits per heavy atom. The van der Waals surface area contributed by atoms with E-state index in [0.717, 1.165) is 23.3 Å². The van der Waals surface area contributed by atoms with E-state index in [-0.39, 0.29) is 17.1 Å². The zero-order valence-corrected chi connectivity index (χ0v) is 24.2. The van der Waals surface area contributed by atoms with Crippen LogP contribution in [-0.2, 0) is 32.3 Å². The highest BCUT2D eigenvalue weighted by Crippen LogP contribution is 2.33. The molecule has 3 aromatic carbocycles. The van der Waals surface area contributed by atoms with Gasteiger partial charge in [0.25, 0.3) is 10.0 Å². The average molecular weight is 590 g/mol. The fraction of sp³-hybridized carbons (Fsp3) is 0.333. The van der Waals surface area contributed by atoms with Crippen LogP contribution in [-0.4, -0.2) is 44.3 Å². The number of carbonyl (C=O) groups excluding carboxylic acids is 2. The van der Waals surface area contributed by atoms with E-state index in [1.165, 1.54) is 30.0 Å². The molecule has 220 valence electrons. The minimum absolute atomic E-state index is 0.0131. The highest BCUT2D eigenvalue weighted by molar-refractivity contribution is 7.92. The lowest BCUT2D eigenvalue weighted by molar-refractivity contribution is -0.139. The van der Waals surface area contributed by atoms with E-state index in [2.05, 4.69) is 5.32 Å². The second-order valence-electron chi connectivity index (χ2n) is 9.85. The average Bonchev–Trinajstić information content (AvgIpc) is 2.93. The maximum atomic E-state index is 13.8. The topological polar surface area (TPSA) is 86.8 Å². The first-order valence-electron chi connectivity index (χ1n) is 13.1. The number of alkyl halides is 3. The third-order valence-electron chi connectivity index (χ3n) is 6.54. The van der Waals surface area contributed by atoms with E-state index in [1.54, 1.807) is 31.2 Å². The molecule has 1 atom stereocenters. The molecule has 41 heavy (non-hydrogen) atoms. The van der Waals surface area contributed by atoms with E-state index >= 15 is 0 Å². The van der Waals surface area contributed by atoms with Gasteiger partial charge in [0.05, 0.1) is 16.1 Å². The lowest BCUT2D eigenvalue weighted by atomic mass is 10.1. The fourth-order valence-corrected chi connectivity index (χ4v) is 5.48. The maximum Gasteiger partial charge on any atom is 0.416 e. The van der Waals surface area contributed by atoms with Crippen molar-refractivity contribution in [1.82, 2.24) is 10.2 Å². The number of rotatable bonds is 11. The summed E-state index contributed by atoms with van der Waals surface area (Å²) in [5, 5.41) is 2.74. The number of nitrogens with one attached hydrogen (secondary N) is 1. The largest absolute Gasteiger partial charge is 0.416 e. The molecule has 0 aliphatic rings. The Morgan fingerprint density at radius 1 is 0.927 bits per heavy atom. The van der Waals surface area contributed by atoms with Crippen LogP contribution in [0.4, 0.5) is 18.9 Å². The van der Waals surface area contributed by atoms with Gasteiger partial charge < -0.3 is 10.2 Å². The van der Waals surface area contributed by atoms with Crippen molar-refractivity contribution in [2.45, 2.75) is 57.8 Å². The molecule has 0 aliphatic heterocycles. The first-order valence-corrected chi connectivity index (χ1v) is 14.6. The van der Waals surface area contributed by atoms with E-state index in [9.17, 15) is 31.2 Å². The van der Waals surface area contributed by atoms with Crippen LogP contribution in [0.2, 0.25) is 0 Å². The van der Waals surface area contributed by atoms with E-state index in [1.807, 2.05) is 26.0 Å². The molecule has 3 aromatic rings. The molecule has 1 N–H and O–H groups in total. The number of carbonyl (C=O) groups is 2. The first-order chi connectivity index (χ1) is 19.2. The Hall–Kier alpha value is -3.86. The number of anilines is 1. The van der Waals surface area contributed by atoms with Crippen molar-refractivity contribution in [2.24, 2.45) is 0 Å². The van der Waals surface area contributed by atoms with E-state index in [0.29, 0.717) is 28.9 Å². The fourth-order valence-electron chi connectivity index (χ4n) is 4.07. The highest BCUT2D eigenvalue weighted by atomic mass is 32.2. The van der Waals surface area contributed by atoms with Crippen molar-refractivity contribution in [1.29, 1.82) is 0 Å². The third kappa shape index (κ3) is 8.09. The summed E-state index contributed by atoms with van der Waals surface area (Å²) in [5.74, 6) is -1.18. The van der Waals surface area contributed by atoms with Crippen molar-refractivity contribution in [3.63, 3.8) is 0 Å². The number of sulfonamides is 1. The SMILES string of the molecule is CCCNC(=O)[C@H](C)N(Cc1ccc(C)cc1)C(=O)CN(c1cccc(C(F)(F)F)c1)S(=O)(=O)c1ccc(C)cc1. The Bertz CT molecular complexity index is 1460. The Morgan fingerprint density at radius 3 is 2.07 bits per heavy atom. The van der Waals surface area contributed by atoms with Crippen LogP contribution < -0.4 is 9.62 Å². The van der Waals surface area contributed by atoms with E-state index < -0.39 is 46.2 Å². The molecule has 0 aliphatic carbocycles. The first kappa shape index (κ1) is 31.7. The van der Waals surface area contributed by atoms with Gasteiger partial charge in [-0.3, -0.25) is 13.9 Å². The predicted molar refractivity (Wildman–Crippen MR) is 152 cm³/mol. The van der Waals surface area contributed by atoms with Gasteiger partial charge in [-0.15, -0.1) is 0 Å². The van der Waals surface area contributed by atoms with E-state index in [4.69, 9.17) is 0 Å². The molecule has 0 saturated carbocycles. The van der Waals surface area contributed by atoms with Crippen LogP contribution in [0, 0.1) is 13.8 Å². The number of halogens is 3. The van der Waals surface area contributed by atoms with Crippen LogP contribution in [0.25, 0.3) is 0 Å². The summed E-state index contributed by atoms with van der Waals surface area (Å²) in [6, 6.07) is 15.9. The zero-order chi connectivity index (χ0) is 30.4. The van der Waals surface area contributed by atoms with Crippen LogP contribution >= 0.6 is 0 Å². The van der Waals surface area contributed by atoms with Gasteiger partial charge in [-0.05, 0) is 63.1 Å². The third-order valence-corrected chi connectivity index (χ3v) is 8.33. The quantitative estimate of drug-likeness (QED) is 0.322. The van der Waals surface area contributed by atoms with Gasteiger partial charge >= 0.3 is 6.18 Å². The van der Waals surface area contributed by atoms with Gasteiger partial charge in [0.1, 0.15) is 12.6 Å². The molecular weight excluding hydrogens is 555 g/mol. The molecule has 3 rings (SSSR count). The predicted octanol–water partition coefficient (Wildman–Crippen LogP) is 5.46. The van der Waals surface area contributed by atoms with Gasteiger partial charge in [0.2, 0.25) is 11.8 Å². The van der Waals surface area contributed by atoms with Crippen LogP contribution in [0.1, 0.15) is 42.5 Å². The molecule has 2 amide bonds. The zero-order valence-electron chi connectivity index (χ0n) is 23.4. The summed E-state index contributed by atoms with van der Waals surface area (Å²) in [6.07, 6.45) is -4.06. The summed E-state index contributed by atoms with van der Waals surface area (Å²) < 4.78 is 69.0. The molecule has 7 nitrogen and oxygen atoms in total. The molecule has 0 aromatic heterocycles. The Labute approximate surface area is 239 Å². The smallest absolute Gasteiger partial charge is 0.354 e. The van der Waals surface area contributed by atoms with Crippen LogP contribution in [0.15, 0.2) is 77.7 Å². The maximum absolute atomic E-state index is 13.8. The lowest BCUT2D eigenvalue weighted by Crippen LogP contribution is -2.51. The number of amides is 2. The minimum atomic E-state index is -4.73. The monoisotopic (exact) mass is 589 g/mol. The molecule has 0 radical (unpaired) electrons. The number of hydrogen-bond donors (Lipinski definition) is 1. The number of aryl methyl sites for hydroxylation is 2. The Kier molecular flexibility index (Phi) is 10.2. The Balaban J connectivity index is 2.07. The van der Waals surface area contributed by atoms with Gasteiger partial charge in [-0.1, -0.05) is 60.5 Å². The lowest BCUT2D eigenvalue weighted by Gasteiger charge is -2.32.